The van der Waals surface area contributed by atoms with Crippen molar-refractivity contribution in [2.24, 2.45) is 5.92 Å². The highest BCUT2D eigenvalue weighted by Crippen LogP contribution is 2.31. The summed E-state index contributed by atoms with van der Waals surface area (Å²) in [5.41, 5.74) is 3.34. The molecule has 3 aliphatic rings. The first-order valence-corrected chi connectivity index (χ1v) is 21.0. The molecule has 0 radical (unpaired) electrons. The molecule has 2 amide bonds. The molecule has 1 unspecified atom stereocenters. The number of pyridine rings is 1. The van der Waals surface area contributed by atoms with Gasteiger partial charge < -0.3 is 49.8 Å². The van der Waals surface area contributed by atoms with Gasteiger partial charge in [0, 0.05) is 24.5 Å². The van der Waals surface area contributed by atoms with E-state index in [9.17, 15) is 29.4 Å². The Kier molecular flexibility index (Phi) is 13.5. The highest BCUT2D eigenvalue weighted by Gasteiger charge is 2.37. The number of hydrogen-bond acceptors (Lipinski definition) is 12. The zero-order valence-electron chi connectivity index (χ0n) is 34.5. The van der Waals surface area contributed by atoms with E-state index in [-0.39, 0.29) is 61.5 Å². The number of furan rings is 1. The van der Waals surface area contributed by atoms with Gasteiger partial charge in [0.1, 0.15) is 36.6 Å². The van der Waals surface area contributed by atoms with E-state index in [0.717, 1.165) is 49.2 Å². The molecule has 2 bridgehead atoms. The number of aromatic nitrogens is 1. The van der Waals surface area contributed by atoms with Gasteiger partial charge in [-0.1, -0.05) is 60.7 Å². The molecule has 3 aliphatic heterocycles. The molecule has 4 aromatic carbocycles. The van der Waals surface area contributed by atoms with Gasteiger partial charge in [-0.05, 0) is 103 Å². The number of aromatic hydroxyl groups is 1. The molecule has 0 aliphatic carbocycles. The third kappa shape index (κ3) is 10.8. The zero-order chi connectivity index (χ0) is 43.7. The molecule has 0 saturated carbocycles. The minimum Gasteiger partial charge on any atom is -0.506 e. The summed E-state index contributed by atoms with van der Waals surface area (Å²) in [4.78, 5) is 55.3. The van der Waals surface area contributed by atoms with Crippen LogP contribution in [0.1, 0.15) is 73.9 Å². The lowest BCUT2D eigenvalue weighted by atomic mass is 9.86. The molecule has 63 heavy (non-hydrogen) atoms. The number of aliphatic hydroxyl groups excluding tert-OH is 1. The number of aromatic amines is 1. The lowest BCUT2D eigenvalue weighted by Gasteiger charge is -2.43. The first-order valence-electron chi connectivity index (χ1n) is 21.0. The number of H-pyrrole nitrogens is 1. The first kappa shape index (κ1) is 42.7. The number of alkyl carbamates (subject to hydrolysis) is 1. The van der Waals surface area contributed by atoms with Gasteiger partial charge in [0.15, 0.2) is 5.76 Å². The fraction of sp³-hybridized carbons (Fsp3) is 0.292. The van der Waals surface area contributed by atoms with Crippen LogP contribution in [0.5, 0.6) is 11.5 Å². The van der Waals surface area contributed by atoms with Gasteiger partial charge in [0.25, 0.3) is 5.91 Å². The Bertz CT molecular complexity index is 2590. The maximum atomic E-state index is 13.2. The molecule has 3 fully saturated rings. The predicted octanol–water partition coefficient (Wildman–Crippen LogP) is 5.73. The Morgan fingerprint density at radius 1 is 0.889 bits per heavy atom. The summed E-state index contributed by atoms with van der Waals surface area (Å²) in [7, 11) is 0. The SMILES string of the molecule is O=C(NC(c1ccccc1)c1cccc(OCc2ccc(C(=O)OCCNC(=O)c3ccc(CNC[C@@H](O)c4ccc(O)c5[nH]c(=O)ccc45)o3)cc2)c1)O[C@H]1CN2CCC1CC2. The Labute approximate surface area is 363 Å². The fourth-order valence-corrected chi connectivity index (χ4v) is 8.09. The lowest BCUT2D eigenvalue weighted by Crippen LogP contribution is -2.52. The molecule has 15 nitrogen and oxygen atoms in total. The molecule has 2 aromatic heterocycles. The van der Waals surface area contributed by atoms with Crippen molar-refractivity contribution in [2.75, 3.05) is 39.3 Å². The van der Waals surface area contributed by atoms with E-state index >= 15 is 0 Å². The van der Waals surface area contributed by atoms with E-state index in [0.29, 0.717) is 33.9 Å². The van der Waals surface area contributed by atoms with Crippen molar-refractivity contribution in [1.82, 2.24) is 25.8 Å². The Morgan fingerprint density at radius 2 is 1.68 bits per heavy atom. The Morgan fingerprint density at radius 3 is 2.46 bits per heavy atom. The summed E-state index contributed by atoms with van der Waals surface area (Å²) < 4.78 is 23.1. The molecule has 5 heterocycles. The average molecular weight is 856 g/mol. The average Bonchev–Trinajstić information content (AvgIpc) is 3.79. The van der Waals surface area contributed by atoms with Crippen molar-refractivity contribution >= 4 is 28.9 Å². The van der Waals surface area contributed by atoms with E-state index in [4.69, 9.17) is 18.6 Å². The number of fused-ring (bicyclic) bond motifs is 4. The van der Waals surface area contributed by atoms with Crippen molar-refractivity contribution in [2.45, 2.75) is 44.2 Å². The standard InChI is InChI=1S/C48H49N5O10/c54-39-16-14-37(38-15-18-43(56)51-45(38)39)40(55)27-49-26-36-13-17-41(62-36)46(57)50-21-24-60-47(58)33-11-9-30(10-12-33)29-61-35-8-4-7-34(25-35)44(32-5-2-1-3-6-32)52-48(59)63-42-28-53-22-19-31(42)20-23-53/h1-18,25,31,40,42,44,49,54-55H,19-24,26-29H2,(H,50,57)(H,51,56)(H,52,59)/t40-,42+,44?/m1/s1. The summed E-state index contributed by atoms with van der Waals surface area (Å²) in [5, 5.41) is 30.3. The number of carbonyl (C=O) groups is 3. The summed E-state index contributed by atoms with van der Waals surface area (Å²) >= 11 is 0. The molecular formula is C48H49N5O10. The van der Waals surface area contributed by atoms with Gasteiger partial charge in [0.05, 0.1) is 36.3 Å². The summed E-state index contributed by atoms with van der Waals surface area (Å²) in [6, 6.07) is 32.8. The monoisotopic (exact) mass is 855 g/mol. The molecule has 6 N–H and O–H groups in total. The van der Waals surface area contributed by atoms with E-state index in [2.05, 4.69) is 25.8 Å². The van der Waals surface area contributed by atoms with Crippen LogP contribution in [-0.2, 0) is 22.6 Å². The van der Waals surface area contributed by atoms with Gasteiger partial charge in [-0.3, -0.25) is 14.5 Å². The maximum Gasteiger partial charge on any atom is 0.408 e. The number of amides is 2. The van der Waals surface area contributed by atoms with E-state index < -0.39 is 30.1 Å². The van der Waals surface area contributed by atoms with Crippen LogP contribution in [-0.4, -0.2) is 83.5 Å². The highest BCUT2D eigenvalue weighted by atomic mass is 16.6. The number of nitrogens with zero attached hydrogens (tertiary/aromatic N) is 1. The van der Waals surface area contributed by atoms with Crippen molar-refractivity contribution in [1.29, 1.82) is 0 Å². The van der Waals surface area contributed by atoms with Crippen molar-refractivity contribution < 1.29 is 43.2 Å². The molecule has 3 saturated heterocycles. The minimum atomic E-state index is -0.955. The van der Waals surface area contributed by atoms with Gasteiger partial charge in [-0.15, -0.1) is 0 Å². The van der Waals surface area contributed by atoms with Gasteiger partial charge in [0.2, 0.25) is 5.56 Å². The molecule has 0 spiro atoms. The number of rotatable bonds is 17. The van der Waals surface area contributed by atoms with E-state index in [1.165, 1.54) is 18.2 Å². The van der Waals surface area contributed by atoms with Gasteiger partial charge >= 0.3 is 12.1 Å². The second-order valence-electron chi connectivity index (χ2n) is 15.7. The second kappa shape index (κ2) is 19.8. The van der Waals surface area contributed by atoms with Crippen molar-refractivity contribution in [3.05, 3.63) is 165 Å². The normalized spacial score (nSPS) is 17.7. The van der Waals surface area contributed by atoms with Crippen LogP contribution >= 0.6 is 0 Å². The topological polar surface area (TPSA) is 205 Å². The number of phenolic OH excluding ortho intramolecular Hbond substituents is 1. The summed E-state index contributed by atoms with van der Waals surface area (Å²) in [5.74, 6) is 0.436. The first-order chi connectivity index (χ1) is 30.7. The van der Waals surface area contributed by atoms with E-state index in [1.807, 2.05) is 54.6 Å². The lowest BCUT2D eigenvalue weighted by molar-refractivity contribution is -0.0336. The fourth-order valence-electron chi connectivity index (χ4n) is 8.09. The number of hydrogen-bond donors (Lipinski definition) is 6. The molecule has 9 rings (SSSR count). The Hall–Kier alpha value is -6.94. The number of carbonyl (C=O) groups excluding carboxylic acids is 3. The summed E-state index contributed by atoms with van der Waals surface area (Å²) in [6.45, 7) is 3.50. The molecule has 3 atom stereocenters. The number of phenols is 1. The van der Waals surface area contributed by atoms with Gasteiger partial charge in [-0.2, -0.15) is 0 Å². The third-order valence-electron chi connectivity index (χ3n) is 11.4. The number of ether oxygens (including phenoxy) is 3. The van der Waals surface area contributed by atoms with Crippen LogP contribution in [0, 0.1) is 5.92 Å². The van der Waals surface area contributed by atoms with Crippen LogP contribution in [0.25, 0.3) is 10.9 Å². The predicted molar refractivity (Wildman–Crippen MR) is 232 cm³/mol. The third-order valence-corrected chi connectivity index (χ3v) is 11.4. The van der Waals surface area contributed by atoms with Crippen molar-refractivity contribution in [3.63, 3.8) is 0 Å². The molecular weight excluding hydrogens is 807 g/mol. The zero-order valence-corrected chi connectivity index (χ0v) is 34.5. The van der Waals surface area contributed by atoms with Crippen LogP contribution < -0.4 is 26.2 Å². The number of esters is 1. The van der Waals surface area contributed by atoms with Crippen LogP contribution in [0.3, 0.4) is 0 Å². The molecule has 6 aromatic rings. The molecule has 15 heteroatoms. The largest absolute Gasteiger partial charge is 0.506 e. The second-order valence-corrected chi connectivity index (χ2v) is 15.7. The van der Waals surface area contributed by atoms with E-state index in [1.54, 1.807) is 42.5 Å². The Balaban J connectivity index is 0.762. The number of piperidine rings is 3. The van der Waals surface area contributed by atoms with Crippen LogP contribution in [0.2, 0.25) is 0 Å². The molecule has 326 valence electrons. The van der Waals surface area contributed by atoms with Crippen LogP contribution in [0.4, 0.5) is 4.79 Å². The minimum absolute atomic E-state index is 0.0590. The number of aliphatic hydroxyl groups is 1. The number of nitrogens with one attached hydrogen (secondary N) is 4. The smallest absolute Gasteiger partial charge is 0.408 e. The highest BCUT2D eigenvalue weighted by molar-refractivity contribution is 5.92. The number of benzene rings is 4. The van der Waals surface area contributed by atoms with Crippen molar-refractivity contribution in [3.8, 4) is 11.5 Å². The summed E-state index contributed by atoms with van der Waals surface area (Å²) in [6.07, 6.45) is 0.606. The maximum absolute atomic E-state index is 13.2. The van der Waals surface area contributed by atoms with Crippen LogP contribution in [0.15, 0.2) is 124 Å². The quantitative estimate of drug-likeness (QED) is 0.0482. The van der Waals surface area contributed by atoms with Gasteiger partial charge in [-0.25, -0.2) is 9.59 Å².